The zero-order valence-corrected chi connectivity index (χ0v) is 15.6. The number of fused-ring (bicyclic) bond motifs is 1. The van der Waals surface area contributed by atoms with Gasteiger partial charge in [0.25, 0.3) is 0 Å². The molecule has 2 fully saturated rings. The summed E-state index contributed by atoms with van der Waals surface area (Å²) in [5.74, 6) is 0.488. The summed E-state index contributed by atoms with van der Waals surface area (Å²) in [6.45, 7) is 6.12. The molecule has 2 aliphatic heterocycles. The van der Waals surface area contributed by atoms with Crippen LogP contribution in [-0.2, 0) is 4.84 Å². The predicted octanol–water partition coefficient (Wildman–Crippen LogP) is 3.12. The van der Waals surface area contributed by atoms with Gasteiger partial charge in [-0.1, -0.05) is 40.2 Å². The Morgan fingerprint density at radius 1 is 1.52 bits per heavy atom. The normalized spacial score (nSPS) is 27.6. The number of benzene rings is 1. The van der Waals surface area contributed by atoms with E-state index in [1.54, 1.807) is 0 Å². The number of nitrogens with one attached hydrogen (secondary N) is 1. The third-order valence-corrected chi connectivity index (χ3v) is 5.80. The van der Waals surface area contributed by atoms with Gasteiger partial charge in [0.2, 0.25) is 0 Å². The molecule has 2 aliphatic rings. The molecule has 6 heteroatoms. The lowest BCUT2D eigenvalue weighted by molar-refractivity contribution is -0.113. The lowest BCUT2D eigenvalue weighted by Crippen LogP contribution is -2.52. The summed E-state index contributed by atoms with van der Waals surface area (Å²) >= 11 is 9.34. The topological polar surface area (TPSA) is 27.7 Å². The van der Waals surface area contributed by atoms with Gasteiger partial charge in [-0.25, -0.2) is 0 Å². The summed E-state index contributed by atoms with van der Waals surface area (Å²) in [6, 6.07) is 9.07. The molecule has 4 nitrogen and oxygen atoms in total. The second kappa shape index (κ2) is 7.30. The predicted molar refractivity (Wildman–Crippen MR) is 100.0 cm³/mol. The van der Waals surface area contributed by atoms with Crippen LogP contribution >= 0.6 is 28.1 Å². The van der Waals surface area contributed by atoms with Crippen LogP contribution in [0.3, 0.4) is 0 Å². The van der Waals surface area contributed by atoms with E-state index in [-0.39, 0.29) is 6.04 Å². The first-order chi connectivity index (χ1) is 11.1. The van der Waals surface area contributed by atoms with Gasteiger partial charge in [0.05, 0.1) is 12.6 Å². The van der Waals surface area contributed by atoms with E-state index in [1.165, 1.54) is 5.56 Å². The van der Waals surface area contributed by atoms with Crippen molar-refractivity contribution >= 4 is 33.3 Å². The minimum absolute atomic E-state index is 0.237. The van der Waals surface area contributed by atoms with E-state index in [2.05, 4.69) is 50.9 Å². The number of rotatable bonds is 3. The van der Waals surface area contributed by atoms with Gasteiger partial charge in [-0.05, 0) is 30.3 Å². The van der Waals surface area contributed by atoms with Gasteiger partial charge in [0, 0.05) is 36.6 Å². The maximum Gasteiger partial charge on any atom is 0.169 e. The monoisotopic (exact) mass is 395 g/mol. The lowest BCUT2D eigenvalue weighted by atomic mass is 9.86. The maximum absolute atomic E-state index is 5.74. The molecule has 23 heavy (non-hydrogen) atoms. The maximum atomic E-state index is 5.74. The molecule has 0 saturated carbocycles. The number of hydrogen-bond donors (Lipinski definition) is 1. The third-order valence-electron chi connectivity index (χ3n) is 4.70. The summed E-state index contributed by atoms with van der Waals surface area (Å²) in [5, 5.41) is 6.09. The molecular formula is C17H22BrN3OS. The van der Waals surface area contributed by atoms with Gasteiger partial charge in [0.1, 0.15) is 0 Å². The standard InChI is InChI=1S/C17H22BrN3OS/c1-3-8-19-17(23)21-10-12-11-22-20(2)15(12)9-16(21)13-6-4-5-7-14(13)18/h3-7,12,15-16H,1,8-11H2,2H3,(H,19,23)/t12-,15-,16-/m0/s1. The number of likely N-dealkylation sites (tertiary alicyclic amines) is 1. The number of nitrogens with zero attached hydrogens (tertiary/aromatic N) is 2. The zero-order chi connectivity index (χ0) is 16.4. The Hall–Kier alpha value is -0.950. The zero-order valence-electron chi connectivity index (χ0n) is 13.2. The number of hydroxylamine groups is 2. The van der Waals surface area contributed by atoms with Crippen molar-refractivity contribution in [1.29, 1.82) is 0 Å². The van der Waals surface area contributed by atoms with Crippen LogP contribution in [0, 0.1) is 5.92 Å². The largest absolute Gasteiger partial charge is 0.359 e. The van der Waals surface area contributed by atoms with E-state index < -0.39 is 0 Å². The molecule has 1 N–H and O–H groups in total. The average Bonchev–Trinajstić information content (AvgIpc) is 2.92. The molecule has 0 amide bonds. The summed E-state index contributed by atoms with van der Waals surface area (Å²) in [4.78, 5) is 8.05. The Morgan fingerprint density at radius 3 is 3.04 bits per heavy atom. The summed E-state index contributed by atoms with van der Waals surface area (Å²) in [7, 11) is 2.03. The molecule has 1 aromatic carbocycles. The second-order valence-corrected chi connectivity index (χ2v) is 7.31. The van der Waals surface area contributed by atoms with Crippen molar-refractivity contribution in [2.75, 3.05) is 26.7 Å². The van der Waals surface area contributed by atoms with E-state index >= 15 is 0 Å². The van der Waals surface area contributed by atoms with Crippen LogP contribution in [0.5, 0.6) is 0 Å². The van der Waals surface area contributed by atoms with Crippen molar-refractivity contribution in [1.82, 2.24) is 15.3 Å². The van der Waals surface area contributed by atoms with Crippen molar-refractivity contribution in [2.45, 2.75) is 18.5 Å². The summed E-state index contributed by atoms with van der Waals surface area (Å²) in [6.07, 6.45) is 2.83. The third kappa shape index (κ3) is 3.45. The number of thiocarbonyl (C=S) groups is 1. The Labute approximate surface area is 151 Å². The van der Waals surface area contributed by atoms with Crippen molar-refractivity contribution in [3.63, 3.8) is 0 Å². The summed E-state index contributed by atoms with van der Waals surface area (Å²) < 4.78 is 1.13. The highest BCUT2D eigenvalue weighted by Gasteiger charge is 2.43. The quantitative estimate of drug-likeness (QED) is 0.626. The molecule has 0 spiro atoms. The van der Waals surface area contributed by atoms with Crippen molar-refractivity contribution in [2.24, 2.45) is 5.92 Å². The van der Waals surface area contributed by atoms with Crippen LogP contribution < -0.4 is 5.32 Å². The minimum Gasteiger partial charge on any atom is -0.359 e. The minimum atomic E-state index is 0.237. The smallest absolute Gasteiger partial charge is 0.169 e. The molecular weight excluding hydrogens is 374 g/mol. The average molecular weight is 396 g/mol. The first-order valence-electron chi connectivity index (χ1n) is 7.87. The van der Waals surface area contributed by atoms with E-state index in [0.717, 1.165) is 29.2 Å². The van der Waals surface area contributed by atoms with E-state index in [0.29, 0.717) is 18.5 Å². The molecule has 1 aromatic rings. The SMILES string of the molecule is C=CCNC(=S)N1C[C@H]2CON(C)[C@H]2C[C@H]1c1ccccc1Br. The Bertz CT molecular complexity index is 597. The molecule has 3 rings (SSSR count). The fraction of sp³-hybridized carbons (Fsp3) is 0.471. The fourth-order valence-corrected chi connectivity index (χ4v) is 4.33. The van der Waals surface area contributed by atoms with E-state index in [1.807, 2.05) is 24.3 Å². The van der Waals surface area contributed by atoms with Crippen molar-refractivity contribution in [3.05, 3.63) is 47.0 Å². The molecule has 0 aliphatic carbocycles. The van der Waals surface area contributed by atoms with Crippen LogP contribution in [0.1, 0.15) is 18.0 Å². The van der Waals surface area contributed by atoms with Gasteiger partial charge in [-0.3, -0.25) is 4.84 Å². The summed E-state index contributed by atoms with van der Waals surface area (Å²) in [5.41, 5.74) is 1.27. The lowest BCUT2D eigenvalue weighted by Gasteiger charge is -2.43. The van der Waals surface area contributed by atoms with Gasteiger partial charge in [-0.2, -0.15) is 5.06 Å². The van der Waals surface area contributed by atoms with Gasteiger partial charge in [-0.15, -0.1) is 6.58 Å². The number of piperidine rings is 1. The Kier molecular flexibility index (Phi) is 5.36. The van der Waals surface area contributed by atoms with Gasteiger partial charge >= 0.3 is 0 Å². The van der Waals surface area contributed by atoms with Crippen LogP contribution in [-0.4, -0.2) is 47.9 Å². The Balaban J connectivity index is 1.89. The van der Waals surface area contributed by atoms with E-state index in [4.69, 9.17) is 17.1 Å². The highest BCUT2D eigenvalue weighted by molar-refractivity contribution is 9.10. The molecule has 2 saturated heterocycles. The second-order valence-electron chi connectivity index (χ2n) is 6.07. The first-order valence-corrected chi connectivity index (χ1v) is 9.07. The molecule has 0 unspecified atom stereocenters. The van der Waals surface area contributed by atoms with Crippen LogP contribution in [0.25, 0.3) is 0 Å². The molecule has 3 atom stereocenters. The number of hydrogen-bond acceptors (Lipinski definition) is 3. The van der Waals surface area contributed by atoms with Gasteiger partial charge in [0.15, 0.2) is 5.11 Å². The van der Waals surface area contributed by atoms with Crippen LogP contribution in [0.15, 0.2) is 41.4 Å². The van der Waals surface area contributed by atoms with E-state index in [9.17, 15) is 0 Å². The molecule has 0 aromatic heterocycles. The Morgan fingerprint density at radius 2 is 2.30 bits per heavy atom. The van der Waals surface area contributed by atoms with Gasteiger partial charge < -0.3 is 10.2 Å². The van der Waals surface area contributed by atoms with Crippen LogP contribution in [0.2, 0.25) is 0 Å². The highest BCUT2D eigenvalue weighted by Crippen LogP contribution is 2.40. The molecule has 2 heterocycles. The highest BCUT2D eigenvalue weighted by atomic mass is 79.9. The fourth-order valence-electron chi connectivity index (χ4n) is 3.49. The number of halogens is 1. The van der Waals surface area contributed by atoms with Crippen LogP contribution in [0.4, 0.5) is 0 Å². The van der Waals surface area contributed by atoms with Crippen molar-refractivity contribution in [3.8, 4) is 0 Å². The van der Waals surface area contributed by atoms with Crippen molar-refractivity contribution < 1.29 is 4.84 Å². The molecule has 0 radical (unpaired) electrons. The molecule has 124 valence electrons. The molecule has 0 bridgehead atoms. The first kappa shape index (κ1) is 16.9.